The van der Waals surface area contributed by atoms with Crippen LogP contribution in [0.3, 0.4) is 0 Å². The Bertz CT molecular complexity index is 498. The Morgan fingerprint density at radius 3 is 2.76 bits per heavy atom. The number of halogens is 1. The van der Waals surface area contributed by atoms with E-state index in [2.05, 4.69) is 34.1 Å². The standard InChI is InChI=1S/C13H14BrNOS/c1-16-10-4-2-3-9(7-10)11(8-15)12-5-6-13(14)17-12/h2-7,11H,8,15H2,1H3. The number of nitrogens with two attached hydrogens (primary N) is 1. The first-order chi connectivity index (χ1) is 8.24. The van der Waals surface area contributed by atoms with Gasteiger partial charge >= 0.3 is 0 Å². The molecule has 0 aliphatic carbocycles. The fourth-order valence-corrected chi connectivity index (χ4v) is 3.36. The monoisotopic (exact) mass is 311 g/mol. The molecule has 1 heterocycles. The molecule has 17 heavy (non-hydrogen) atoms. The van der Waals surface area contributed by atoms with Crippen molar-refractivity contribution in [2.24, 2.45) is 5.73 Å². The van der Waals surface area contributed by atoms with Gasteiger partial charge in [0.15, 0.2) is 0 Å². The SMILES string of the molecule is COc1cccc(C(CN)c2ccc(Br)s2)c1. The van der Waals surface area contributed by atoms with Gasteiger partial charge in [-0.05, 0) is 45.8 Å². The molecule has 1 aromatic heterocycles. The van der Waals surface area contributed by atoms with Gasteiger partial charge in [-0.1, -0.05) is 12.1 Å². The fraction of sp³-hybridized carbons (Fsp3) is 0.231. The molecule has 2 rings (SSSR count). The lowest BCUT2D eigenvalue weighted by atomic mass is 9.97. The summed E-state index contributed by atoms with van der Waals surface area (Å²) in [6, 6.07) is 12.3. The fourth-order valence-electron chi connectivity index (χ4n) is 1.79. The lowest BCUT2D eigenvalue weighted by Crippen LogP contribution is -2.12. The number of hydrogen-bond donors (Lipinski definition) is 1. The van der Waals surface area contributed by atoms with E-state index < -0.39 is 0 Å². The lowest BCUT2D eigenvalue weighted by molar-refractivity contribution is 0.414. The van der Waals surface area contributed by atoms with Crippen LogP contribution in [-0.4, -0.2) is 13.7 Å². The average molecular weight is 312 g/mol. The van der Waals surface area contributed by atoms with Gasteiger partial charge in [-0.25, -0.2) is 0 Å². The number of benzene rings is 1. The highest BCUT2D eigenvalue weighted by Crippen LogP contribution is 2.33. The first-order valence-electron chi connectivity index (χ1n) is 5.34. The van der Waals surface area contributed by atoms with E-state index in [1.54, 1.807) is 18.4 Å². The summed E-state index contributed by atoms with van der Waals surface area (Å²) in [5.41, 5.74) is 7.08. The molecular formula is C13H14BrNOS. The van der Waals surface area contributed by atoms with Crippen molar-refractivity contribution in [2.75, 3.05) is 13.7 Å². The van der Waals surface area contributed by atoms with Crippen LogP contribution in [0.5, 0.6) is 5.75 Å². The molecular weight excluding hydrogens is 298 g/mol. The Kier molecular flexibility index (Phi) is 4.20. The molecule has 0 spiro atoms. The minimum atomic E-state index is 0.237. The van der Waals surface area contributed by atoms with Crippen LogP contribution >= 0.6 is 27.3 Å². The summed E-state index contributed by atoms with van der Waals surface area (Å²) in [7, 11) is 1.68. The van der Waals surface area contributed by atoms with Gasteiger partial charge in [0.05, 0.1) is 10.9 Å². The third-order valence-corrected chi connectivity index (χ3v) is 4.41. The largest absolute Gasteiger partial charge is 0.497 e. The number of rotatable bonds is 4. The molecule has 4 heteroatoms. The smallest absolute Gasteiger partial charge is 0.119 e. The molecule has 0 aliphatic heterocycles. The first-order valence-corrected chi connectivity index (χ1v) is 6.94. The summed E-state index contributed by atoms with van der Waals surface area (Å²) in [6.45, 7) is 0.597. The molecule has 0 aliphatic rings. The van der Waals surface area contributed by atoms with Crippen molar-refractivity contribution in [1.29, 1.82) is 0 Å². The van der Waals surface area contributed by atoms with Crippen LogP contribution < -0.4 is 10.5 Å². The second kappa shape index (κ2) is 5.67. The van der Waals surface area contributed by atoms with Crippen molar-refractivity contribution in [3.05, 3.63) is 50.6 Å². The summed E-state index contributed by atoms with van der Waals surface area (Å²) in [6.07, 6.45) is 0. The van der Waals surface area contributed by atoms with Crippen LogP contribution in [0, 0.1) is 0 Å². The molecule has 0 radical (unpaired) electrons. The Morgan fingerprint density at radius 1 is 1.35 bits per heavy atom. The Hall–Kier alpha value is -0.840. The summed E-state index contributed by atoms with van der Waals surface area (Å²) >= 11 is 5.21. The predicted molar refractivity (Wildman–Crippen MR) is 75.9 cm³/mol. The molecule has 2 N–H and O–H groups in total. The van der Waals surface area contributed by atoms with Crippen molar-refractivity contribution in [1.82, 2.24) is 0 Å². The van der Waals surface area contributed by atoms with E-state index in [0.717, 1.165) is 9.54 Å². The second-order valence-corrected chi connectivity index (χ2v) is 6.20. The van der Waals surface area contributed by atoms with E-state index >= 15 is 0 Å². The summed E-state index contributed by atoms with van der Waals surface area (Å²) in [5, 5.41) is 0. The van der Waals surface area contributed by atoms with Gasteiger partial charge in [-0.2, -0.15) is 0 Å². The summed E-state index contributed by atoms with van der Waals surface area (Å²) in [5.74, 6) is 1.11. The summed E-state index contributed by atoms with van der Waals surface area (Å²) in [4.78, 5) is 1.27. The van der Waals surface area contributed by atoms with E-state index in [1.807, 2.05) is 18.2 Å². The van der Waals surface area contributed by atoms with Crippen LogP contribution in [-0.2, 0) is 0 Å². The number of methoxy groups -OCH3 is 1. The van der Waals surface area contributed by atoms with Crippen LogP contribution in [0.15, 0.2) is 40.2 Å². The van der Waals surface area contributed by atoms with E-state index in [4.69, 9.17) is 10.5 Å². The van der Waals surface area contributed by atoms with Crippen LogP contribution in [0.4, 0.5) is 0 Å². The molecule has 1 unspecified atom stereocenters. The van der Waals surface area contributed by atoms with Gasteiger partial charge in [0.25, 0.3) is 0 Å². The van der Waals surface area contributed by atoms with Gasteiger partial charge in [0, 0.05) is 17.3 Å². The lowest BCUT2D eigenvalue weighted by Gasteiger charge is -2.14. The quantitative estimate of drug-likeness (QED) is 0.936. The van der Waals surface area contributed by atoms with E-state index in [-0.39, 0.29) is 5.92 Å². The third kappa shape index (κ3) is 2.89. The zero-order valence-electron chi connectivity index (χ0n) is 9.52. The Morgan fingerprint density at radius 2 is 2.18 bits per heavy atom. The average Bonchev–Trinajstić information content (AvgIpc) is 2.77. The zero-order valence-corrected chi connectivity index (χ0v) is 11.9. The highest BCUT2D eigenvalue weighted by molar-refractivity contribution is 9.11. The number of thiophene rings is 1. The maximum absolute atomic E-state index is 5.89. The van der Waals surface area contributed by atoms with E-state index in [9.17, 15) is 0 Å². The maximum atomic E-state index is 5.89. The van der Waals surface area contributed by atoms with Crippen molar-refractivity contribution in [3.63, 3.8) is 0 Å². The molecule has 1 atom stereocenters. The molecule has 0 saturated heterocycles. The van der Waals surface area contributed by atoms with E-state index in [1.165, 1.54) is 10.4 Å². The normalized spacial score (nSPS) is 12.4. The molecule has 2 aromatic rings. The number of ether oxygens (including phenoxy) is 1. The van der Waals surface area contributed by atoms with Gasteiger partial charge in [0.1, 0.15) is 5.75 Å². The van der Waals surface area contributed by atoms with Crippen LogP contribution in [0.2, 0.25) is 0 Å². The third-order valence-electron chi connectivity index (χ3n) is 2.67. The molecule has 0 saturated carbocycles. The van der Waals surface area contributed by atoms with Gasteiger partial charge in [-0.3, -0.25) is 0 Å². The van der Waals surface area contributed by atoms with Crippen LogP contribution in [0.25, 0.3) is 0 Å². The molecule has 1 aromatic carbocycles. The Labute approximate surface area is 114 Å². The van der Waals surface area contributed by atoms with Crippen molar-refractivity contribution in [3.8, 4) is 5.75 Å². The van der Waals surface area contributed by atoms with Gasteiger partial charge in [0.2, 0.25) is 0 Å². The minimum absolute atomic E-state index is 0.237. The predicted octanol–water partition coefficient (Wildman–Crippen LogP) is 3.61. The minimum Gasteiger partial charge on any atom is -0.497 e. The van der Waals surface area contributed by atoms with Crippen molar-refractivity contribution < 1.29 is 4.74 Å². The van der Waals surface area contributed by atoms with E-state index in [0.29, 0.717) is 6.54 Å². The molecule has 0 amide bonds. The topological polar surface area (TPSA) is 35.2 Å². The van der Waals surface area contributed by atoms with Gasteiger partial charge in [-0.15, -0.1) is 11.3 Å². The maximum Gasteiger partial charge on any atom is 0.119 e. The molecule has 90 valence electrons. The zero-order chi connectivity index (χ0) is 12.3. The van der Waals surface area contributed by atoms with Crippen molar-refractivity contribution in [2.45, 2.75) is 5.92 Å². The highest BCUT2D eigenvalue weighted by Gasteiger charge is 2.14. The summed E-state index contributed by atoms with van der Waals surface area (Å²) < 4.78 is 6.38. The molecule has 0 fully saturated rings. The van der Waals surface area contributed by atoms with Crippen LogP contribution in [0.1, 0.15) is 16.4 Å². The second-order valence-electron chi connectivity index (χ2n) is 3.71. The van der Waals surface area contributed by atoms with Crippen molar-refractivity contribution >= 4 is 27.3 Å². The molecule has 2 nitrogen and oxygen atoms in total. The molecule has 0 bridgehead atoms. The highest BCUT2D eigenvalue weighted by atomic mass is 79.9. The van der Waals surface area contributed by atoms with Gasteiger partial charge < -0.3 is 10.5 Å². The number of hydrogen-bond acceptors (Lipinski definition) is 3. The Balaban J connectivity index is 2.34. The first kappa shape index (κ1) is 12.6.